The minimum atomic E-state index is 0.652. The number of hydrogen-bond acceptors (Lipinski definition) is 2. The SMILES string of the molecule is CCCNCc1c2c(nc3c(Cl)cc(Cl)cc13)CCC2. The number of pyridine rings is 1. The Balaban J connectivity index is 2.17. The van der Waals surface area contributed by atoms with Crippen LogP contribution >= 0.6 is 23.2 Å². The first-order valence-corrected chi connectivity index (χ1v) is 7.96. The lowest BCUT2D eigenvalue weighted by molar-refractivity contribution is 0.674. The van der Waals surface area contributed by atoms with Gasteiger partial charge in [-0.3, -0.25) is 4.98 Å². The Morgan fingerprint density at radius 3 is 2.90 bits per heavy atom. The molecule has 1 heterocycles. The summed E-state index contributed by atoms with van der Waals surface area (Å²) in [5.41, 5.74) is 4.85. The van der Waals surface area contributed by atoms with E-state index >= 15 is 0 Å². The van der Waals surface area contributed by atoms with Crippen molar-refractivity contribution in [1.82, 2.24) is 10.3 Å². The highest BCUT2D eigenvalue weighted by Crippen LogP contribution is 2.34. The van der Waals surface area contributed by atoms with Crippen molar-refractivity contribution in [3.05, 3.63) is 39.0 Å². The number of benzene rings is 1. The van der Waals surface area contributed by atoms with Crippen LogP contribution in [0.1, 0.15) is 36.6 Å². The first-order chi connectivity index (χ1) is 9.70. The lowest BCUT2D eigenvalue weighted by Gasteiger charge is -2.14. The lowest BCUT2D eigenvalue weighted by Crippen LogP contribution is -2.16. The highest BCUT2D eigenvalue weighted by molar-refractivity contribution is 6.38. The average molecular weight is 309 g/mol. The molecule has 0 bridgehead atoms. The Labute approximate surface area is 129 Å². The Kier molecular flexibility index (Phi) is 4.16. The molecule has 1 aliphatic carbocycles. The molecule has 0 fully saturated rings. The zero-order valence-corrected chi connectivity index (χ0v) is 13.1. The van der Waals surface area contributed by atoms with Crippen LogP contribution in [0.4, 0.5) is 0 Å². The van der Waals surface area contributed by atoms with Gasteiger partial charge in [0.2, 0.25) is 0 Å². The number of halogens is 2. The van der Waals surface area contributed by atoms with Gasteiger partial charge in [0.15, 0.2) is 0 Å². The van der Waals surface area contributed by atoms with Crippen LogP contribution in [0, 0.1) is 0 Å². The minimum absolute atomic E-state index is 0.652. The molecule has 0 spiro atoms. The Morgan fingerprint density at radius 2 is 2.10 bits per heavy atom. The van der Waals surface area contributed by atoms with Gasteiger partial charge in [-0.1, -0.05) is 30.1 Å². The maximum absolute atomic E-state index is 6.33. The van der Waals surface area contributed by atoms with E-state index < -0.39 is 0 Å². The summed E-state index contributed by atoms with van der Waals surface area (Å²) in [5, 5.41) is 5.93. The first-order valence-electron chi connectivity index (χ1n) is 7.20. The molecule has 1 aliphatic rings. The van der Waals surface area contributed by atoms with Crippen LogP contribution in [0.2, 0.25) is 10.0 Å². The van der Waals surface area contributed by atoms with E-state index in [1.54, 1.807) is 6.07 Å². The van der Waals surface area contributed by atoms with Gasteiger partial charge < -0.3 is 5.32 Å². The Morgan fingerprint density at radius 1 is 1.25 bits per heavy atom. The van der Waals surface area contributed by atoms with Crippen molar-refractivity contribution in [1.29, 1.82) is 0 Å². The van der Waals surface area contributed by atoms with Crippen molar-refractivity contribution in [3.63, 3.8) is 0 Å². The highest BCUT2D eigenvalue weighted by atomic mass is 35.5. The third-order valence-corrected chi connectivity index (χ3v) is 4.39. The van der Waals surface area contributed by atoms with Gasteiger partial charge in [0.25, 0.3) is 0 Å². The van der Waals surface area contributed by atoms with Crippen molar-refractivity contribution in [3.8, 4) is 0 Å². The smallest absolute Gasteiger partial charge is 0.0895 e. The molecule has 106 valence electrons. The molecule has 4 heteroatoms. The van der Waals surface area contributed by atoms with E-state index in [0.717, 1.165) is 43.3 Å². The summed E-state index contributed by atoms with van der Waals surface area (Å²) in [6, 6.07) is 3.78. The van der Waals surface area contributed by atoms with Crippen LogP contribution in [0.25, 0.3) is 10.9 Å². The molecule has 0 saturated carbocycles. The lowest BCUT2D eigenvalue weighted by atomic mass is 10.0. The fraction of sp³-hybridized carbons (Fsp3) is 0.438. The standard InChI is InChI=1S/C16H18Cl2N2/c1-2-6-19-9-13-11-4-3-5-15(11)20-16-12(13)7-10(17)8-14(16)18/h7-8,19H,2-6,9H2,1H3. The molecule has 2 aromatic rings. The van der Waals surface area contributed by atoms with Gasteiger partial charge >= 0.3 is 0 Å². The summed E-state index contributed by atoms with van der Waals surface area (Å²) in [4.78, 5) is 4.77. The van der Waals surface area contributed by atoms with E-state index in [0.29, 0.717) is 10.0 Å². The van der Waals surface area contributed by atoms with Crippen molar-refractivity contribution in [2.45, 2.75) is 39.2 Å². The van der Waals surface area contributed by atoms with Crippen LogP contribution in [-0.4, -0.2) is 11.5 Å². The summed E-state index contributed by atoms with van der Waals surface area (Å²) in [7, 11) is 0. The topological polar surface area (TPSA) is 24.9 Å². The van der Waals surface area contributed by atoms with Crippen LogP contribution in [0.5, 0.6) is 0 Å². The number of aryl methyl sites for hydroxylation is 1. The summed E-state index contributed by atoms with van der Waals surface area (Å²) in [6.07, 6.45) is 4.49. The number of hydrogen-bond donors (Lipinski definition) is 1. The number of nitrogens with zero attached hydrogens (tertiary/aromatic N) is 1. The predicted molar refractivity (Wildman–Crippen MR) is 85.8 cm³/mol. The van der Waals surface area contributed by atoms with Gasteiger partial charge in [-0.15, -0.1) is 0 Å². The van der Waals surface area contributed by atoms with Crippen molar-refractivity contribution < 1.29 is 0 Å². The molecule has 0 amide bonds. The molecular weight excluding hydrogens is 291 g/mol. The summed E-state index contributed by atoms with van der Waals surface area (Å²) < 4.78 is 0. The van der Waals surface area contributed by atoms with E-state index in [9.17, 15) is 0 Å². The molecule has 1 aromatic heterocycles. The van der Waals surface area contributed by atoms with Crippen LogP contribution in [0.15, 0.2) is 12.1 Å². The third kappa shape index (κ3) is 2.52. The number of fused-ring (bicyclic) bond motifs is 2. The van der Waals surface area contributed by atoms with Gasteiger partial charge in [0.1, 0.15) is 0 Å². The summed E-state index contributed by atoms with van der Waals surface area (Å²) >= 11 is 12.5. The molecule has 0 unspecified atom stereocenters. The molecule has 3 rings (SSSR count). The van der Waals surface area contributed by atoms with Crippen molar-refractivity contribution in [2.75, 3.05) is 6.54 Å². The van der Waals surface area contributed by atoms with Gasteiger partial charge in [-0.25, -0.2) is 0 Å². The zero-order chi connectivity index (χ0) is 14.1. The van der Waals surface area contributed by atoms with Crippen LogP contribution in [-0.2, 0) is 19.4 Å². The largest absolute Gasteiger partial charge is 0.313 e. The maximum atomic E-state index is 6.33. The van der Waals surface area contributed by atoms with E-state index in [1.807, 2.05) is 6.07 Å². The molecule has 2 nitrogen and oxygen atoms in total. The Hall–Kier alpha value is -0.830. The van der Waals surface area contributed by atoms with Crippen molar-refractivity contribution in [2.24, 2.45) is 0 Å². The first kappa shape index (κ1) is 14.1. The van der Waals surface area contributed by atoms with E-state index in [2.05, 4.69) is 12.2 Å². The normalized spacial score (nSPS) is 13.9. The molecule has 0 aliphatic heterocycles. The molecule has 1 N–H and O–H groups in total. The second-order valence-electron chi connectivity index (χ2n) is 5.33. The monoisotopic (exact) mass is 308 g/mol. The van der Waals surface area contributed by atoms with Crippen molar-refractivity contribution >= 4 is 34.1 Å². The number of rotatable bonds is 4. The van der Waals surface area contributed by atoms with Gasteiger partial charge in [0.05, 0.1) is 10.5 Å². The second kappa shape index (κ2) is 5.88. The number of aromatic nitrogens is 1. The van der Waals surface area contributed by atoms with Gasteiger partial charge in [-0.05, 0) is 55.5 Å². The van der Waals surface area contributed by atoms with Gasteiger partial charge in [-0.2, -0.15) is 0 Å². The molecule has 0 radical (unpaired) electrons. The zero-order valence-electron chi connectivity index (χ0n) is 11.6. The fourth-order valence-corrected chi connectivity index (χ4v) is 3.51. The molecular formula is C16H18Cl2N2. The summed E-state index contributed by atoms with van der Waals surface area (Å²) in [6.45, 7) is 4.06. The number of nitrogens with one attached hydrogen (secondary N) is 1. The van der Waals surface area contributed by atoms with Crippen LogP contribution < -0.4 is 5.32 Å². The molecule has 1 aromatic carbocycles. The van der Waals surface area contributed by atoms with E-state index in [4.69, 9.17) is 28.2 Å². The predicted octanol–water partition coefficient (Wildman–Crippen LogP) is 4.53. The second-order valence-corrected chi connectivity index (χ2v) is 6.17. The van der Waals surface area contributed by atoms with Gasteiger partial charge in [0, 0.05) is 22.6 Å². The van der Waals surface area contributed by atoms with E-state index in [-0.39, 0.29) is 0 Å². The average Bonchev–Trinajstić information content (AvgIpc) is 2.87. The fourth-order valence-electron chi connectivity index (χ4n) is 2.98. The molecule has 0 saturated heterocycles. The third-order valence-electron chi connectivity index (χ3n) is 3.88. The molecule has 20 heavy (non-hydrogen) atoms. The quantitative estimate of drug-likeness (QED) is 0.839. The molecule has 0 atom stereocenters. The summed E-state index contributed by atoms with van der Waals surface area (Å²) in [5.74, 6) is 0. The van der Waals surface area contributed by atoms with Crippen LogP contribution in [0.3, 0.4) is 0 Å². The Bertz CT molecular complexity index is 653. The minimum Gasteiger partial charge on any atom is -0.313 e. The van der Waals surface area contributed by atoms with E-state index in [1.165, 1.54) is 23.2 Å². The maximum Gasteiger partial charge on any atom is 0.0895 e. The highest BCUT2D eigenvalue weighted by Gasteiger charge is 2.20.